The molecule has 20 heavy (non-hydrogen) atoms. The van der Waals surface area contributed by atoms with Crippen molar-refractivity contribution in [2.45, 2.75) is 52.1 Å². The fourth-order valence-electron chi connectivity index (χ4n) is 2.23. The third kappa shape index (κ3) is 4.10. The van der Waals surface area contributed by atoms with Crippen molar-refractivity contribution in [3.8, 4) is 0 Å². The second-order valence-corrected chi connectivity index (χ2v) is 5.74. The van der Waals surface area contributed by atoms with Crippen LogP contribution in [0.1, 0.15) is 40.5 Å². The van der Waals surface area contributed by atoms with Crippen LogP contribution < -0.4 is 5.32 Å². The highest BCUT2D eigenvalue weighted by atomic mass is 16.4. The molecule has 0 radical (unpaired) electrons. The van der Waals surface area contributed by atoms with Gasteiger partial charge in [0, 0.05) is 31.7 Å². The highest BCUT2D eigenvalue weighted by molar-refractivity contribution is 5.75. The van der Waals surface area contributed by atoms with Gasteiger partial charge in [0.05, 0.1) is 0 Å². The van der Waals surface area contributed by atoms with Crippen LogP contribution in [-0.2, 0) is 4.79 Å². The molecule has 2 N–H and O–H groups in total. The summed E-state index contributed by atoms with van der Waals surface area (Å²) >= 11 is 0. The third-order valence-corrected chi connectivity index (χ3v) is 4.48. The first-order valence-corrected chi connectivity index (χ1v) is 7.37. The van der Waals surface area contributed by atoms with Crippen LogP contribution in [0.4, 0.5) is 4.79 Å². The summed E-state index contributed by atoms with van der Waals surface area (Å²) in [5, 5.41) is 12.1. The number of carboxylic acids is 1. The second-order valence-electron chi connectivity index (χ2n) is 5.74. The zero-order valence-electron chi connectivity index (χ0n) is 13.0. The smallest absolute Gasteiger partial charge is 0.320 e. The normalized spacial score (nSPS) is 18.7. The Morgan fingerprint density at radius 2 is 1.70 bits per heavy atom. The summed E-state index contributed by atoms with van der Waals surface area (Å²) < 4.78 is 0. The molecule has 1 atom stereocenters. The number of aliphatic carboxylic acids is 1. The molecule has 1 rings (SSSR count). The molecular weight excluding hydrogens is 258 g/mol. The van der Waals surface area contributed by atoms with E-state index in [0.29, 0.717) is 26.2 Å². The lowest BCUT2D eigenvalue weighted by Gasteiger charge is -2.38. The Morgan fingerprint density at radius 3 is 2.10 bits per heavy atom. The van der Waals surface area contributed by atoms with Gasteiger partial charge in [0.15, 0.2) is 0 Å². The Bertz CT molecular complexity index is 348. The molecule has 6 nitrogen and oxygen atoms in total. The molecule has 0 saturated carbocycles. The van der Waals surface area contributed by atoms with Gasteiger partial charge in [-0.25, -0.2) is 4.79 Å². The van der Waals surface area contributed by atoms with E-state index in [2.05, 4.69) is 19.2 Å². The van der Waals surface area contributed by atoms with Crippen LogP contribution in [0.3, 0.4) is 0 Å². The van der Waals surface area contributed by atoms with Gasteiger partial charge >= 0.3 is 12.0 Å². The molecule has 0 aromatic rings. The molecular formula is C14H27N3O3. The predicted octanol–water partition coefficient (Wildman–Crippen LogP) is 1.37. The molecule has 1 heterocycles. The van der Waals surface area contributed by atoms with Gasteiger partial charge in [-0.3, -0.25) is 9.69 Å². The highest BCUT2D eigenvalue weighted by Gasteiger charge is 2.29. The molecule has 6 heteroatoms. The van der Waals surface area contributed by atoms with Gasteiger partial charge in [-0.05, 0) is 26.7 Å². The molecule has 116 valence electrons. The maximum Gasteiger partial charge on any atom is 0.320 e. The summed E-state index contributed by atoms with van der Waals surface area (Å²) in [5.41, 5.74) is -0.164. The van der Waals surface area contributed by atoms with Crippen molar-refractivity contribution in [1.82, 2.24) is 15.1 Å². The Hall–Kier alpha value is -1.30. The highest BCUT2D eigenvalue weighted by Crippen LogP contribution is 2.15. The summed E-state index contributed by atoms with van der Waals surface area (Å²) in [6, 6.07) is -0.532. The number of hydrogen-bond donors (Lipinski definition) is 2. The van der Waals surface area contributed by atoms with E-state index in [9.17, 15) is 9.59 Å². The first kappa shape index (κ1) is 16.8. The number of amides is 2. The van der Waals surface area contributed by atoms with E-state index in [-0.39, 0.29) is 11.6 Å². The van der Waals surface area contributed by atoms with Gasteiger partial charge in [0.2, 0.25) is 0 Å². The molecule has 1 saturated heterocycles. The number of carbonyl (C=O) groups excluding carboxylic acids is 1. The van der Waals surface area contributed by atoms with Crippen molar-refractivity contribution in [3.05, 3.63) is 0 Å². The molecule has 0 aliphatic carbocycles. The minimum atomic E-state index is -0.813. The molecule has 0 aromatic heterocycles. The number of hydrogen-bond acceptors (Lipinski definition) is 3. The first-order valence-electron chi connectivity index (χ1n) is 7.37. The van der Waals surface area contributed by atoms with Crippen molar-refractivity contribution >= 4 is 12.0 Å². The van der Waals surface area contributed by atoms with Crippen molar-refractivity contribution in [1.29, 1.82) is 0 Å². The van der Waals surface area contributed by atoms with Gasteiger partial charge in [0.25, 0.3) is 0 Å². The Balaban J connectivity index is 2.49. The minimum absolute atomic E-state index is 0.0428. The lowest BCUT2D eigenvalue weighted by Crippen LogP contribution is -2.58. The molecule has 0 spiro atoms. The number of piperazine rings is 1. The number of carboxylic acid groups (broad SMARTS) is 1. The summed E-state index contributed by atoms with van der Waals surface area (Å²) in [6.45, 7) is 10.2. The topological polar surface area (TPSA) is 72.9 Å². The number of rotatable bonds is 5. The van der Waals surface area contributed by atoms with Crippen molar-refractivity contribution in [2.24, 2.45) is 0 Å². The SMILES string of the molecule is CCC(C)(CC)NC(=O)N1CCN(C(C)C(=O)O)CC1. The predicted molar refractivity (Wildman–Crippen MR) is 77.8 cm³/mol. The fourth-order valence-corrected chi connectivity index (χ4v) is 2.23. The minimum Gasteiger partial charge on any atom is -0.480 e. The van der Waals surface area contributed by atoms with Crippen LogP contribution in [-0.4, -0.2) is 64.7 Å². The average molecular weight is 285 g/mol. The molecule has 2 amide bonds. The maximum absolute atomic E-state index is 12.2. The van der Waals surface area contributed by atoms with Gasteiger partial charge in [-0.15, -0.1) is 0 Å². The number of carbonyl (C=O) groups is 2. The second kappa shape index (κ2) is 6.92. The van der Waals surface area contributed by atoms with E-state index >= 15 is 0 Å². The van der Waals surface area contributed by atoms with Crippen molar-refractivity contribution < 1.29 is 14.7 Å². The number of nitrogens with zero attached hydrogens (tertiary/aromatic N) is 2. The Morgan fingerprint density at radius 1 is 1.20 bits per heavy atom. The van der Waals surface area contributed by atoms with Crippen LogP contribution in [0.25, 0.3) is 0 Å². The van der Waals surface area contributed by atoms with Gasteiger partial charge < -0.3 is 15.3 Å². The van der Waals surface area contributed by atoms with E-state index in [4.69, 9.17) is 5.11 Å². The molecule has 1 unspecified atom stereocenters. The zero-order valence-corrected chi connectivity index (χ0v) is 13.0. The van der Waals surface area contributed by atoms with Crippen LogP contribution in [0, 0.1) is 0 Å². The third-order valence-electron chi connectivity index (χ3n) is 4.48. The monoisotopic (exact) mass is 285 g/mol. The van der Waals surface area contributed by atoms with Gasteiger partial charge in [0.1, 0.15) is 6.04 Å². The van der Waals surface area contributed by atoms with E-state index < -0.39 is 12.0 Å². The van der Waals surface area contributed by atoms with E-state index in [1.165, 1.54) is 0 Å². The van der Waals surface area contributed by atoms with Gasteiger partial charge in [-0.1, -0.05) is 13.8 Å². The van der Waals surface area contributed by atoms with Crippen LogP contribution in [0.15, 0.2) is 0 Å². The molecule has 0 bridgehead atoms. The van der Waals surface area contributed by atoms with Crippen LogP contribution >= 0.6 is 0 Å². The first-order chi connectivity index (χ1) is 9.33. The lowest BCUT2D eigenvalue weighted by atomic mass is 9.96. The average Bonchev–Trinajstić information content (AvgIpc) is 2.46. The van der Waals surface area contributed by atoms with E-state index in [0.717, 1.165) is 12.8 Å². The molecule has 1 aliphatic heterocycles. The molecule has 1 fully saturated rings. The van der Waals surface area contributed by atoms with Crippen LogP contribution in [0.2, 0.25) is 0 Å². The van der Waals surface area contributed by atoms with Crippen molar-refractivity contribution in [2.75, 3.05) is 26.2 Å². The number of nitrogens with one attached hydrogen (secondary N) is 1. The summed E-state index contributed by atoms with van der Waals surface area (Å²) in [6.07, 6.45) is 1.79. The quantitative estimate of drug-likeness (QED) is 0.800. The van der Waals surface area contributed by atoms with Crippen LogP contribution in [0.5, 0.6) is 0 Å². The Labute approximate surface area is 121 Å². The summed E-state index contributed by atoms with van der Waals surface area (Å²) in [5.74, 6) is -0.813. The van der Waals surface area contributed by atoms with E-state index in [1.807, 2.05) is 11.8 Å². The molecule has 1 aliphatic rings. The zero-order chi connectivity index (χ0) is 15.3. The standard InChI is InChI=1S/C14H27N3O3/c1-5-14(4,6-2)15-13(20)17-9-7-16(8-10-17)11(3)12(18)19/h11H,5-10H2,1-4H3,(H,15,20)(H,18,19). The largest absolute Gasteiger partial charge is 0.480 e. The Kier molecular flexibility index (Phi) is 5.80. The fraction of sp³-hybridized carbons (Fsp3) is 0.857. The summed E-state index contributed by atoms with van der Waals surface area (Å²) in [7, 11) is 0. The lowest BCUT2D eigenvalue weighted by molar-refractivity contribution is -0.143. The maximum atomic E-state index is 12.2. The summed E-state index contributed by atoms with van der Waals surface area (Å²) in [4.78, 5) is 26.8. The van der Waals surface area contributed by atoms with Gasteiger partial charge in [-0.2, -0.15) is 0 Å². The van der Waals surface area contributed by atoms with Crippen molar-refractivity contribution in [3.63, 3.8) is 0 Å². The molecule has 0 aromatic carbocycles. The number of urea groups is 1. The van der Waals surface area contributed by atoms with E-state index in [1.54, 1.807) is 11.8 Å².